The zero-order valence-electron chi connectivity index (χ0n) is 17.9. The lowest BCUT2D eigenvalue weighted by atomic mass is 9.68. The van der Waals surface area contributed by atoms with Gasteiger partial charge in [0.05, 0.1) is 13.2 Å². The van der Waals surface area contributed by atoms with Gasteiger partial charge in [-0.2, -0.15) is 0 Å². The minimum Gasteiger partial charge on any atom is -0.352 e. The molecule has 1 aromatic rings. The molecular weight excluding hydrogens is 380 g/mol. The number of benzene rings is 1. The third kappa shape index (κ3) is 5.66. The molecule has 2 aliphatic carbocycles. The molecule has 3 aliphatic rings. The lowest BCUT2D eigenvalue weighted by Gasteiger charge is -2.41. The van der Waals surface area contributed by atoms with Crippen molar-refractivity contribution in [3.8, 4) is 0 Å². The Balaban J connectivity index is 1.19. The zero-order chi connectivity index (χ0) is 20.1. The van der Waals surface area contributed by atoms with E-state index in [1.807, 2.05) is 12.1 Å². The number of ether oxygens (including phenoxy) is 2. The molecule has 0 aromatic heterocycles. The quantitative estimate of drug-likeness (QED) is 0.466. The molecule has 2 nitrogen and oxygen atoms in total. The molecule has 3 fully saturated rings. The topological polar surface area (TPSA) is 18.5 Å². The molecule has 2 saturated carbocycles. The van der Waals surface area contributed by atoms with Gasteiger partial charge in [-0.15, -0.1) is 0 Å². The molecular formula is C26H37ClO2. The molecule has 1 saturated heterocycles. The summed E-state index contributed by atoms with van der Waals surface area (Å²) >= 11 is 6.05. The van der Waals surface area contributed by atoms with Crippen molar-refractivity contribution in [2.24, 2.45) is 23.7 Å². The molecule has 1 heterocycles. The first-order chi connectivity index (χ1) is 14.2. The molecule has 29 heavy (non-hydrogen) atoms. The highest BCUT2D eigenvalue weighted by molar-refractivity contribution is 6.30. The van der Waals surface area contributed by atoms with Crippen LogP contribution in [0.1, 0.15) is 76.2 Å². The largest absolute Gasteiger partial charge is 0.352 e. The van der Waals surface area contributed by atoms with Crippen molar-refractivity contribution < 1.29 is 9.47 Å². The van der Waals surface area contributed by atoms with Crippen molar-refractivity contribution in [3.63, 3.8) is 0 Å². The number of rotatable bonds is 5. The molecule has 4 rings (SSSR count). The van der Waals surface area contributed by atoms with Crippen LogP contribution in [0.2, 0.25) is 5.02 Å². The highest BCUT2D eigenvalue weighted by Crippen LogP contribution is 2.45. The summed E-state index contributed by atoms with van der Waals surface area (Å²) in [5.41, 5.74) is 1.48. The second-order valence-corrected chi connectivity index (χ2v) is 9.91. The molecule has 0 radical (unpaired) electrons. The summed E-state index contributed by atoms with van der Waals surface area (Å²) in [5, 5.41) is 0.845. The van der Waals surface area contributed by atoms with Gasteiger partial charge in [-0.3, -0.25) is 0 Å². The van der Waals surface area contributed by atoms with Crippen LogP contribution in [0.25, 0.3) is 0 Å². The van der Waals surface area contributed by atoms with Crippen LogP contribution >= 0.6 is 11.6 Å². The van der Waals surface area contributed by atoms with Gasteiger partial charge < -0.3 is 9.47 Å². The van der Waals surface area contributed by atoms with E-state index in [1.54, 1.807) is 0 Å². The summed E-state index contributed by atoms with van der Waals surface area (Å²) in [5.74, 6) is 3.63. The Morgan fingerprint density at radius 2 is 1.38 bits per heavy atom. The van der Waals surface area contributed by atoms with E-state index < -0.39 is 0 Å². The second-order valence-electron chi connectivity index (χ2n) is 9.47. The van der Waals surface area contributed by atoms with Gasteiger partial charge in [0.2, 0.25) is 0 Å². The van der Waals surface area contributed by atoms with Crippen LogP contribution in [0, 0.1) is 23.7 Å². The number of hydrogen-bond acceptors (Lipinski definition) is 2. The minimum atomic E-state index is 0.0443. The van der Waals surface area contributed by atoms with Crippen LogP contribution in [0.4, 0.5) is 0 Å². The Morgan fingerprint density at radius 3 is 1.97 bits per heavy atom. The van der Waals surface area contributed by atoms with Gasteiger partial charge >= 0.3 is 0 Å². The Kier molecular flexibility index (Phi) is 7.72. The number of halogens is 1. The monoisotopic (exact) mass is 416 g/mol. The predicted molar refractivity (Wildman–Crippen MR) is 120 cm³/mol. The standard InChI is InChI=1S/C26H37ClO2/c1-2-3-4-19-17-28-26(29-18-19)24-11-9-22(10-12-24)20-5-7-21(8-6-20)23-13-15-25(27)16-14-23/h3-4,13-16,19-22,24,26H,2,5-12,17-18H2,1H3/b4-3+. The highest BCUT2D eigenvalue weighted by atomic mass is 35.5. The molecule has 0 amide bonds. The van der Waals surface area contributed by atoms with E-state index in [4.69, 9.17) is 21.1 Å². The van der Waals surface area contributed by atoms with E-state index in [1.165, 1.54) is 56.9 Å². The summed E-state index contributed by atoms with van der Waals surface area (Å²) in [6.07, 6.45) is 16.4. The maximum atomic E-state index is 6.10. The summed E-state index contributed by atoms with van der Waals surface area (Å²) in [4.78, 5) is 0. The van der Waals surface area contributed by atoms with Crippen molar-refractivity contribution in [2.45, 2.75) is 76.9 Å². The first-order valence-electron chi connectivity index (χ1n) is 11.9. The van der Waals surface area contributed by atoms with Gasteiger partial charge in [0, 0.05) is 16.9 Å². The summed E-state index contributed by atoms with van der Waals surface area (Å²) in [6, 6.07) is 8.54. The first-order valence-corrected chi connectivity index (χ1v) is 12.3. The van der Waals surface area contributed by atoms with Crippen LogP contribution in [0.5, 0.6) is 0 Å². The van der Waals surface area contributed by atoms with Crippen LogP contribution in [-0.4, -0.2) is 19.5 Å². The molecule has 0 unspecified atom stereocenters. The van der Waals surface area contributed by atoms with Crippen molar-refractivity contribution in [2.75, 3.05) is 13.2 Å². The van der Waals surface area contributed by atoms with Crippen molar-refractivity contribution in [3.05, 3.63) is 47.0 Å². The van der Waals surface area contributed by atoms with Crippen molar-refractivity contribution in [1.29, 1.82) is 0 Å². The summed E-state index contributed by atoms with van der Waals surface area (Å²) in [7, 11) is 0. The lowest BCUT2D eigenvalue weighted by Crippen LogP contribution is -2.38. The fraction of sp³-hybridized carbons (Fsp3) is 0.692. The molecule has 0 bridgehead atoms. The maximum absolute atomic E-state index is 6.10. The van der Waals surface area contributed by atoms with Gasteiger partial charge in [-0.05, 0) is 93.2 Å². The minimum absolute atomic E-state index is 0.0443. The normalized spacial score (nSPS) is 36.3. The van der Waals surface area contributed by atoms with Crippen LogP contribution in [0.15, 0.2) is 36.4 Å². The molecule has 0 atom stereocenters. The third-order valence-corrected chi connectivity index (χ3v) is 7.83. The van der Waals surface area contributed by atoms with Gasteiger partial charge in [0.1, 0.15) is 0 Å². The first kappa shape index (κ1) is 21.4. The van der Waals surface area contributed by atoms with E-state index in [0.717, 1.165) is 42.4 Å². The Hall–Kier alpha value is -0.830. The van der Waals surface area contributed by atoms with E-state index in [9.17, 15) is 0 Å². The van der Waals surface area contributed by atoms with E-state index >= 15 is 0 Å². The molecule has 3 heteroatoms. The lowest BCUT2D eigenvalue weighted by molar-refractivity contribution is -0.223. The van der Waals surface area contributed by atoms with E-state index in [-0.39, 0.29) is 6.29 Å². The summed E-state index contributed by atoms with van der Waals surface area (Å²) in [6.45, 7) is 3.83. The number of hydrogen-bond donors (Lipinski definition) is 0. The molecule has 0 spiro atoms. The smallest absolute Gasteiger partial charge is 0.160 e. The second kappa shape index (κ2) is 10.5. The van der Waals surface area contributed by atoms with Crippen LogP contribution in [0.3, 0.4) is 0 Å². The molecule has 1 aromatic carbocycles. The van der Waals surface area contributed by atoms with Crippen molar-refractivity contribution >= 4 is 11.6 Å². The Labute approximate surface area is 182 Å². The molecule has 0 N–H and O–H groups in total. The van der Waals surface area contributed by atoms with Gasteiger partial charge in [0.15, 0.2) is 6.29 Å². The van der Waals surface area contributed by atoms with Gasteiger partial charge in [0.25, 0.3) is 0 Å². The van der Waals surface area contributed by atoms with Crippen molar-refractivity contribution in [1.82, 2.24) is 0 Å². The van der Waals surface area contributed by atoms with Gasteiger partial charge in [-0.25, -0.2) is 0 Å². The fourth-order valence-corrected chi connectivity index (χ4v) is 5.92. The molecule has 160 valence electrons. The molecule has 1 aliphatic heterocycles. The summed E-state index contributed by atoms with van der Waals surface area (Å²) < 4.78 is 12.2. The Morgan fingerprint density at radius 1 is 0.828 bits per heavy atom. The third-order valence-electron chi connectivity index (χ3n) is 7.57. The van der Waals surface area contributed by atoms with E-state index in [2.05, 4.69) is 31.2 Å². The maximum Gasteiger partial charge on any atom is 0.160 e. The average molecular weight is 417 g/mol. The predicted octanol–water partition coefficient (Wildman–Crippen LogP) is 7.38. The van der Waals surface area contributed by atoms with Crippen LogP contribution < -0.4 is 0 Å². The zero-order valence-corrected chi connectivity index (χ0v) is 18.7. The average Bonchev–Trinajstić information content (AvgIpc) is 2.79. The number of allylic oxidation sites excluding steroid dienone is 1. The van der Waals surface area contributed by atoms with Crippen LogP contribution in [-0.2, 0) is 9.47 Å². The SMILES string of the molecule is CC/C=C/C1COC(C2CCC(C3CCC(c4ccc(Cl)cc4)CC3)CC2)OC1. The highest BCUT2D eigenvalue weighted by Gasteiger charge is 2.35. The van der Waals surface area contributed by atoms with Gasteiger partial charge in [-0.1, -0.05) is 42.8 Å². The Bertz CT molecular complexity index is 631. The van der Waals surface area contributed by atoms with E-state index in [0.29, 0.717) is 11.8 Å². The fourth-order valence-electron chi connectivity index (χ4n) is 5.79.